The SMILES string of the molecule is C=CCOCOC(=O)C(=C)c1cccc2cc3ccccc3cc12. The molecule has 0 bridgehead atoms. The first kappa shape index (κ1) is 16.0. The molecule has 0 heterocycles. The summed E-state index contributed by atoms with van der Waals surface area (Å²) in [4.78, 5) is 12.2. The first-order valence-electron chi connectivity index (χ1n) is 7.67. The lowest BCUT2D eigenvalue weighted by Crippen LogP contribution is -2.10. The fourth-order valence-corrected chi connectivity index (χ4v) is 2.65. The summed E-state index contributed by atoms with van der Waals surface area (Å²) in [5.41, 5.74) is 1.09. The maximum atomic E-state index is 12.2. The molecule has 0 aliphatic heterocycles. The highest BCUT2D eigenvalue weighted by molar-refractivity contribution is 6.20. The number of rotatable bonds is 6. The van der Waals surface area contributed by atoms with Crippen LogP contribution < -0.4 is 0 Å². The zero-order valence-electron chi connectivity index (χ0n) is 13.3. The monoisotopic (exact) mass is 318 g/mol. The molecule has 0 spiro atoms. The van der Waals surface area contributed by atoms with Crippen molar-refractivity contribution in [3.05, 3.63) is 79.4 Å². The van der Waals surface area contributed by atoms with Gasteiger partial charge in [-0.05, 0) is 39.2 Å². The molecule has 0 atom stereocenters. The molecule has 0 aliphatic rings. The van der Waals surface area contributed by atoms with Crippen molar-refractivity contribution in [1.29, 1.82) is 0 Å². The molecule has 24 heavy (non-hydrogen) atoms. The number of carbonyl (C=O) groups excluding carboxylic acids is 1. The van der Waals surface area contributed by atoms with E-state index in [2.05, 4.69) is 37.4 Å². The largest absolute Gasteiger partial charge is 0.435 e. The van der Waals surface area contributed by atoms with Gasteiger partial charge in [0.05, 0.1) is 12.2 Å². The van der Waals surface area contributed by atoms with Crippen molar-refractivity contribution in [3.63, 3.8) is 0 Å². The third-order valence-corrected chi connectivity index (χ3v) is 3.83. The van der Waals surface area contributed by atoms with E-state index < -0.39 is 5.97 Å². The number of esters is 1. The van der Waals surface area contributed by atoms with Crippen LogP contribution in [0.15, 0.2) is 73.8 Å². The van der Waals surface area contributed by atoms with E-state index in [1.807, 2.05) is 30.3 Å². The Hall–Kier alpha value is -2.91. The molecule has 3 heteroatoms. The highest BCUT2D eigenvalue weighted by Gasteiger charge is 2.14. The summed E-state index contributed by atoms with van der Waals surface area (Å²) in [5.74, 6) is -0.486. The normalized spacial score (nSPS) is 10.7. The molecule has 3 aromatic rings. The molecule has 3 aromatic carbocycles. The first-order chi connectivity index (χ1) is 11.7. The van der Waals surface area contributed by atoms with Gasteiger partial charge in [0.25, 0.3) is 0 Å². The van der Waals surface area contributed by atoms with Gasteiger partial charge in [0.2, 0.25) is 0 Å². The second-order valence-corrected chi connectivity index (χ2v) is 5.41. The van der Waals surface area contributed by atoms with E-state index >= 15 is 0 Å². The molecule has 0 N–H and O–H groups in total. The van der Waals surface area contributed by atoms with Gasteiger partial charge in [-0.1, -0.05) is 55.1 Å². The summed E-state index contributed by atoms with van der Waals surface area (Å²) >= 11 is 0. The molecule has 0 radical (unpaired) electrons. The Labute approximate surface area is 140 Å². The second kappa shape index (κ2) is 7.11. The lowest BCUT2D eigenvalue weighted by molar-refractivity contribution is -0.147. The molecule has 0 saturated heterocycles. The minimum Gasteiger partial charge on any atom is -0.435 e. The number of hydrogen-bond acceptors (Lipinski definition) is 3. The van der Waals surface area contributed by atoms with Gasteiger partial charge in [-0.2, -0.15) is 0 Å². The molecular weight excluding hydrogens is 300 g/mol. The molecule has 0 aliphatic carbocycles. The van der Waals surface area contributed by atoms with Crippen LogP contribution in [0.3, 0.4) is 0 Å². The van der Waals surface area contributed by atoms with Gasteiger partial charge in [-0.15, -0.1) is 6.58 Å². The van der Waals surface area contributed by atoms with Crippen LogP contribution in [0.5, 0.6) is 0 Å². The van der Waals surface area contributed by atoms with Gasteiger partial charge in [0.15, 0.2) is 6.79 Å². The number of hydrogen-bond donors (Lipinski definition) is 0. The van der Waals surface area contributed by atoms with Crippen molar-refractivity contribution >= 4 is 33.1 Å². The van der Waals surface area contributed by atoms with Crippen LogP contribution in [0.1, 0.15) is 5.56 Å². The average molecular weight is 318 g/mol. The van der Waals surface area contributed by atoms with Crippen LogP contribution in [-0.4, -0.2) is 19.4 Å². The number of ether oxygens (including phenoxy) is 2. The lowest BCUT2D eigenvalue weighted by Gasteiger charge is -2.11. The highest BCUT2D eigenvalue weighted by Crippen LogP contribution is 2.29. The molecule has 0 fully saturated rings. The summed E-state index contributed by atoms with van der Waals surface area (Å²) in [6.07, 6.45) is 1.60. The maximum absolute atomic E-state index is 12.2. The third-order valence-electron chi connectivity index (χ3n) is 3.83. The van der Waals surface area contributed by atoms with Crippen LogP contribution in [-0.2, 0) is 14.3 Å². The topological polar surface area (TPSA) is 35.5 Å². The number of fused-ring (bicyclic) bond motifs is 2. The minimum absolute atomic E-state index is 0.114. The van der Waals surface area contributed by atoms with E-state index in [1.54, 1.807) is 6.08 Å². The van der Waals surface area contributed by atoms with E-state index in [9.17, 15) is 4.79 Å². The van der Waals surface area contributed by atoms with Crippen molar-refractivity contribution < 1.29 is 14.3 Å². The van der Waals surface area contributed by atoms with Crippen molar-refractivity contribution in [2.24, 2.45) is 0 Å². The van der Waals surface area contributed by atoms with E-state index in [1.165, 1.54) is 0 Å². The van der Waals surface area contributed by atoms with E-state index in [4.69, 9.17) is 9.47 Å². The third kappa shape index (κ3) is 3.21. The standard InChI is InChI=1S/C21H18O3/c1-3-11-23-14-24-21(22)15(2)19-10-6-9-18-12-16-7-4-5-8-17(16)13-20(18)19/h3-10,12-13H,1-2,11,14H2. The van der Waals surface area contributed by atoms with Crippen molar-refractivity contribution in [3.8, 4) is 0 Å². The summed E-state index contributed by atoms with van der Waals surface area (Å²) in [7, 11) is 0. The van der Waals surface area contributed by atoms with Crippen molar-refractivity contribution in [2.45, 2.75) is 0 Å². The van der Waals surface area contributed by atoms with Crippen LogP contribution in [0.2, 0.25) is 0 Å². The summed E-state index contributed by atoms with van der Waals surface area (Å²) in [5, 5.41) is 4.31. The average Bonchev–Trinajstić information content (AvgIpc) is 2.62. The Morgan fingerprint density at radius 1 is 1.00 bits per heavy atom. The van der Waals surface area contributed by atoms with Crippen LogP contribution in [0, 0.1) is 0 Å². The summed E-state index contributed by atoms with van der Waals surface area (Å²) in [6.45, 7) is 7.66. The van der Waals surface area contributed by atoms with Gasteiger partial charge in [0.1, 0.15) is 0 Å². The Morgan fingerprint density at radius 2 is 1.71 bits per heavy atom. The summed E-state index contributed by atoms with van der Waals surface area (Å²) in [6, 6.07) is 18.1. The predicted octanol–water partition coefficient (Wildman–Crippen LogP) is 4.71. The van der Waals surface area contributed by atoms with E-state index in [0.29, 0.717) is 12.2 Å². The zero-order chi connectivity index (χ0) is 16.9. The second-order valence-electron chi connectivity index (χ2n) is 5.41. The van der Waals surface area contributed by atoms with Crippen LogP contribution >= 0.6 is 0 Å². The Bertz CT molecular complexity index is 925. The first-order valence-corrected chi connectivity index (χ1v) is 7.67. The van der Waals surface area contributed by atoms with Crippen LogP contribution in [0.4, 0.5) is 0 Å². The fourth-order valence-electron chi connectivity index (χ4n) is 2.65. The smallest absolute Gasteiger partial charge is 0.340 e. The van der Waals surface area contributed by atoms with Crippen molar-refractivity contribution in [2.75, 3.05) is 13.4 Å². The number of benzene rings is 3. The number of carbonyl (C=O) groups is 1. The van der Waals surface area contributed by atoms with Gasteiger partial charge >= 0.3 is 5.97 Å². The van der Waals surface area contributed by atoms with Gasteiger partial charge in [0, 0.05) is 0 Å². The van der Waals surface area contributed by atoms with Gasteiger partial charge < -0.3 is 9.47 Å². The minimum atomic E-state index is -0.486. The quantitative estimate of drug-likeness (QED) is 0.165. The van der Waals surface area contributed by atoms with Gasteiger partial charge in [-0.3, -0.25) is 0 Å². The molecule has 3 nitrogen and oxygen atoms in total. The van der Waals surface area contributed by atoms with Crippen LogP contribution in [0.25, 0.3) is 27.1 Å². The molecule has 0 amide bonds. The van der Waals surface area contributed by atoms with Crippen molar-refractivity contribution in [1.82, 2.24) is 0 Å². The zero-order valence-corrected chi connectivity index (χ0v) is 13.3. The fraction of sp³-hybridized carbons (Fsp3) is 0.0952. The molecule has 0 saturated carbocycles. The Balaban J connectivity index is 1.93. The lowest BCUT2D eigenvalue weighted by atomic mass is 9.96. The molecule has 0 aromatic heterocycles. The van der Waals surface area contributed by atoms with Gasteiger partial charge in [-0.25, -0.2) is 4.79 Å². The molecule has 0 unspecified atom stereocenters. The maximum Gasteiger partial charge on any atom is 0.340 e. The Morgan fingerprint density at radius 3 is 2.46 bits per heavy atom. The highest BCUT2D eigenvalue weighted by atomic mass is 16.7. The molecule has 3 rings (SSSR count). The summed E-state index contributed by atoms with van der Waals surface area (Å²) < 4.78 is 10.2. The van der Waals surface area contributed by atoms with E-state index in [-0.39, 0.29) is 6.79 Å². The molecule has 120 valence electrons. The molecular formula is C21H18O3. The van der Waals surface area contributed by atoms with E-state index in [0.717, 1.165) is 27.1 Å². The predicted molar refractivity (Wildman–Crippen MR) is 97.6 cm³/mol. The Kier molecular flexibility index (Phi) is 4.73.